The smallest absolute Gasteiger partial charge is 0.307 e. The molecule has 0 aromatic carbocycles. The maximum atomic E-state index is 10.9. The fourth-order valence-electron chi connectivity index (χ4n) is 0.639. The van der Waals surface area contributed by atoms with Crippen molar-refractivity contribution >= 4 is 5.97 Å². The summed E-state index contributed by atoms with van der Waals surface area (Å²) < 4.78 is 4.88. The van der Waals surface area contributed by atoms with Gasteiger partial charge in [0.05, 0.1) is 13.0 Å². The van der Waals surface area contributed by atoms with Gasteiger partial charge in [0.25, 0.3) is 0 Å². The van der Waals surface area contributed by atoms with Crippen molar-refractivity contribution in [2.75, 3.05) is 13.2 Å². The highest BCUT2D eigenvalue weighted by atomic mass is 16.5. The summed E-state index contributed by atoms with van der Waals surface area (Å²) in [6.07, 6.45) is 7.23. The molecule has 0 aliphatic carbocycles. The average molecular weight is 169 g/mol. The molecule has 0 aromatic heterocycles. The van der Waals surface area contributed by atoms with Crippen LogP contribution in [-0.4, -0.2) is 19.1 Å². The molecule has 0 saturated heterocycles. The summed E-state index contributed by atoms with van der Waals surface area (Å²) >= 11 is 0. The van der Waals surface area contributed by atoms with Gasteiger partial charge in [-0.1, -0.05) is 19.8 Å². The van der Waals surface area contributed by atoms with E-state index in [4.69, 9.17) is 11.2 Å². The molecule has 0 saturated carbocycles. The summed E-state index contributed by atoms with van der Waals surface area (Å²) in [5.74, 6) is -0.189. The molecule has 12 heavy (non-hydrogen) atoms. The van der Waals surface area contributed by atoms with Crippen molar-refractivity contribution in [1.29, 1.82) is 0 Å². The minimum absolute atomic E-state index is 0.189. The fourth-order valence-corrected chi connectivity index (χ4v) is 0.639. The SMILES string of the molecule is C#CNCCC(=O)OCCCC. The lowest BCUT2D eigenvalue weighted by Crippen LogP contribution is -2.14. The second kappa shape index (κ2) is 7.93. The van der Waals surface area contributed by atoms with Gasteiger partial charge in [0, 0.05) is 12.6 Å². The van der Waals surface area contributed by atoms with Crippen LogP contribution < -0.4 is 5.32 Å². The van der Waals surface area contributed by atoms with E-state index in [9.17, 15) is 4.79 Å². The molecule has 1 N–H and O–H groups in total. The third-order valence-electron chi connectivity index (χ3n) is 1.32. The van der Waals surface area contributed by atoms with Crippen LogP contribution in [0.5, 0.6) is 0 Å². The molecule has 0 aliphatic heterocycles. The van der Waals surface area contributed by atoms with Gasteiger partial charge in [-0.3, -0.25) is 4.79 Å². The first kappa shape index (κ1) is 10.8. The lowest BCUT2D eigenvalue weighted by Gasteiger charge is -2.02. The Balaban J connectivity index is 3.17. The van der Waals surface area contributed by atoms with Gasteiger partial charge in [-0.2, -0.15) is 0 Å². The first-order valence-corrected chi connectivity index (χ1v) is 4.15. The van der Waals surface area contributed by atoms with Gasteiger partial charge in [0.2, 0.25) is 0 Å². The van der Waals surface area contributed by atoms with E-state index < -0.39 is 0 Å². The number of hydrogen-bond acceptors (Lipinski definition) is 3. The van der Waals surface area contributed by atoms with Crippen LogP contribution >= 0.6 is 0 Å². The summed E-state index contributed by atoms with van der Waals surface area (Å²) in [7, 11) is 0. The number of nitrogens with one attached hydrogen (secondary N) is 1. The molecular weight excluding hydrogens is 154 g/mol. The molecule has 3 nitrogen and oxygen atoms in total. The van der Waals surface area contributed by atoms with Crippen LogP contribution in [0.1, 0.15) is 26.2 Å². The molecular formula is C9H15NO2. The summed E-state index contributed by atoms with van der Waals surface area (Å²) in [4.78, 5) is 10.9. The van der Waals surface area contributed by atoms with E-state index in [2.05, 4.69) is 11.4 Å². The highest BCUT2D eigenvalue weighted by Gasteiger charge is 1.99. The summed E-state index contributed by atoms with van der Waals surface area (Å²) in [6, 6.07) is 2.23. The van der Waals surface area contributed by atoms with Gasteiger partial charge in [0.1, 0.15) is 0 Å². The molecule has 0 radical (unpaired) electrons. The Morgan fingerprint density at radius 1 is 1.67 bits per heavy atom. The van der Waals surface area contributed by atoms with E-state index in [0.29, 0.717) is 19.6 Å². The van der Waals surface area contributed by atoms with Gasteiger partial charge in [-0.25, -0.2) is 0 Å². The van der Waals surface area contributed by atoms with E-state index >= 15 is 0 Å². The van der Waals surface area contributed by atoms with Crippen molar-refractivity contribution in [3.63, 3.8) is 0 Å². The van der Waals surface area contributed by atoms with Crippen LogP contribution in [0.2, 0.25) is 0 Å². The Bertz CT molecular complexity index is 160. The summed E-state index contributed by atoms with van der Waals surface area (Å²) in [5.41, 5.74) is 0. The summed E-state index contributed by atoms with van der Waals surface area (Å²) in [6.45, 7) is 3.06. The first-order chi connectivity index (χ1) is 5.81. The molecule has 68 valence electrons. The maximum Gasteiger partial charge on any atom is 0.307 e. The molecule has 0 amide bonds. The van der Waals surface area contributed by atoms with Crippen LogP contribution in [0.25, 0.3) is 0 Å². The van der Waals surface area contributed by atoms with Crippen molar-refractivity contribution in [2.24, 2.45) is 0 Å². The highest BCUT2D eigenvalue weighted by molar-refractivity contribution is 5.69. The number of unbranched alkanes of at least 4 members (excludes halogenated alkanes) is 1. The second-order valence-corrected chi connectivity index (χ2v) is 2.40. The van der Waals surface area contributed by atoms with Crippen LogP contribution in [0.3, 0.4) is 0 Å². The monoisotopic (exact) mass is 169 g/mol. The van der Waals surface area contributed by atoms with Crippen molar-refractivity contribution in [2.45, 2.75) is 26.2 Å². The zero-order chi connectivity index (χ0) is 9.23. The minimum atomic E-state index is -0.189. The average Bonchev–Trinajstić information content (AvgIpc) is 2.06. The minimum Gasteiger partial charge on any atom is -0.466 e. The zero-order valence-corrected chi connectivity index (χ0v) is 7.43. The molecule has 0 bridgehead atoms. The fraction of sp³-hybridized carbons (Fsp3) is 0.667. The van der Waals surface area contributed by atoms with Gasteiger partial charge < -0.3 is 10.1 Å². The number of ether oxygens (including phenoxy) is 1. The Morgan fingerprint density at radius 3 is 3.00 bits per heavy atom. The molecule has 0 fully saturated rings. The first-order valence-electron chi connectivity index (χ1n) is 4.15. The van der Waals surface area contributed by atoms with Crippen LogP contribution in [0, 0.1) is 12.5 Å². The van der Waals surface area contributed by atoms with Crippen LogP contribution in [-0.2, 0) is 9.53 Å². The van der Waals surface area contributed by atoms with E-state index in [1.165, 1.54) is 0 Å². The quantitative estimate of drug-likeness (QED) is 0.278. The number of terminal acetylenes is 1. The van der Waals surface area contributed by atoms with E-state index in [1.807, 2.05) is 6.92 Å². The molecule has 0 unspecified atom stereocenters. The second-order valence-electron chi connectivity index (χ2n) is 2.40. The van der Waals surface area contributed by atoms with Gasteiger partial charge >= 0.3 is 5.97 Å². The standard InChI is InChI=1S/C9H15NO2/c1-3-5-8-12-9(11)6-7-10-4-2/h2,10H,3,5-8H2,1H3. The third kappa shape index (κ3) is 6.94. The van der Waals surface area contributed by atoms with Gasteiger partial charge in [-0.05, 0) is 6.42 Å². The van der Waals surface area contributed by atoms with E-state index in [0.717, 1.165) is 12.8 Å². The lowest BCUT2D eigenvalue weighted by atomic mass is 10.3. The van der Waals surface area contributed by atoms with Crippen molar-refractivity contribution < 1.29 is 9.53 Å². The maximum absolute atomic E-state index is 10.9. The lowest BCUT2D eigenvalue weighted by molar-refractivity contribution is -0.143. The van der Waals surface area contributed by atoms with Crippen molar-refractivity contribution in [3.05, 3.63) is 0 Å². The summed E-state index contributed by atoms with van der Waals surface area (Å²) in [5, 5.41) is 2.60. The molecule has 0 atom stereocenters. The Hall–Kier alpha value is -1.17. The zero-order valence-electron chi connectivity index (χ0n) is 7.43. The van der Waals surface area contributed by atoms with E-state index in [1.54, 1.807) is 0 Å². The third-order valence-corrected chi connectivity index (χ3v) is 1.32. The van der Waals surface area contributed by atoms with Gasteiger partial charge in [-0.15, -0.1) is 0 Å². The predicted molar refractivity (Wildman–Crippen MR) is 47.3 cm³/mol. The number of hydrogen-bond donors (Lipinski definition) is 1. The topological polar surface area (TPSA) is 38.3 Å². The van der Waals surface area contributed by atoms with Crippen molar-refractivity contribution in [1.82, 2.24) is 5.32 Å². The van der Waals surface area contributed by atoms with Crippen LogP contribution in [0.4, 0.5) is 0 Å². The Kier molecular flexibility index (Phi) is 7.16. The molecule has 0 spiro atoms. The molecule has 0 heterocycles. The largest absolute Gasteiger partial charge is 0.466 e. The van der Waals surface area contributed by atoms with E-state index in [-0.39, 0.29) is 5.97 Å². The number of carbonyl (C=O) groups is 1. The molecule has 0 rings (SSSR count). The van der Waals surface area contributed by atoms with Gasteiger partial charge in [0.15, 0.2) is 0 Å². The molecule has 0 aromatic rings. The van der Waals surface area contributed by atoms with Crippen LogP contribution in [0.15, 0.2) is 0 Å². The number of rotatable bonds is 6. The number of carbonyl (C=O) groups excluding carboxylic acids is 1. The highest BCUT2D eigenvalue weighted by Crippen LogP contribution is 1.90. The Morgan fingerprint density at radius 2 is 2.42 bits per heavy atom. The molecule has 0 aliphatic rings. The molecule has 3 heteroatoms. The van der Waals surface area contributed by atoms with Crippen molar-refractivity contribution in [3.8, 4) is 12.5 Å². The normalized spacial score (nSPS) is 8.67. The predicted octanol–water partition coefficient (Wildman–Crippen LogP) is 0.900. The Labute approximate surface area is 73.5 Å². The number of esters is 1.